The molecule has 17 heavy (non-hydrogen) atoms. The van der Waals surface area contributed by atoms with Gasteiger partial charge in [-0.3, -0.25) is 0 Å². The molecule has 2 nitrogen and oxygen atoms in total. The van der Waals surface area contributed by atoms with Crippen LogP contribution in [-0.2, 0) is 6.54 Å². The summed E-state index contributed by atoms with van der Waals surface area (Å²) in [5.41, 5.74) is 0.779. The first-order valence-electron chi connectivity index (χ1n) is 5.90. The highest BCUT2D eigenvalue weighted by Gasteiger charge is 2.31. The van der Waals surface area contributed by atoms with Gasteiger partial charge in [-0.05, 0) is 30.9 Å². The Morgan fingerprint density at radius 3 is 2.76 bits per heavy atom. The summed E-state index contributed by atoms with van der Waals surface area (Å²) in [7, 11) is 0. The summed E-state index contributed by atoms with van der Waals surface area (Å²) in [4.78, 5) is 0. The van der Waals surface area contributed by atoms with E-state index in [1.54, 1.807) is 18.2 Å². The first-order chi connectivity index (χ1) is 8.16. The highest BCUT2D eigenvalue weighted by molar-refractivity contribution is 5.33. The molecule has 1 aromatic carbocycles. The predicted octanol–water partition coefficient (Wildman–Crippen LogP) is 3.03. The molecule has 0 spiro atoms. The van der Waals surface area contributed by atoms with Crippen molar-refractivity contribution >= 4 is 0 Å². The number of nitrogens with one attached hydrogen (secondary N) is 1. The lowest BCUT2D eigenvalue weighted by Gasteiger charge is -2.11. The van der Waals surface area contributed by atoms with Gasteiger partial charge in [0.05, 0.1) is 0 Å². The van der Waals surface area contributed by atoms with Gasteiger partial charge in [0.25, 0.3) is 0 Å². The quantitative estimate of drug-likeness (QED) is 0.826. The molecule has 94 valence electrons. The minimum Gasteiger partial charge on any atom is -0.434 e. The molecule has 0 bridgehead atoms. The third-order valence-electron chi connectivity index (χ3n) is 3.19. The molecule has 1 aliphatic rings. The molecule has 4 heteroatoms. The highest BCUT2D eigenvalue weighted by atomic mass is 19.3. The van der Waals surface area contributed by atoms with E-state index in [-0.39, 0.29) is 5.75 Å². The summed E-state index contributed by atoms with van der Waals surface area (Å²) in [6.45, 7) is 0.982. The normalized spacial score (nSPS) is 22.8. The molecule has 0 aliphatic heterocycles. The Morgan fingerprint density at radius 2 is 2.12 bits per heavy atom. The van der Waals surface area contributed by atoms with E-state index in [9.17, 15) is 8.78 Å². The number of rotatable bonds is 6. The fourth-order valence-corrected chi connectivity index (χ4v) is 1.94. The minimum atomic E-state index is -2.76. The van der Waals surface area contributed by atoms with Crippen molar-refractivity contribution in [3.8, 4) is 5.75 Å². The Labute approximate surface area is 100.0 Å². The average molecular weight is 241 g/mol. The fourth-order valence-electron chi connectivity index (χ4n) is 1.94. The fraction of sp³-hybridized carbons (Fsp3) is 0.538. The Hall–Kier alpha value is -1.16. The van der Waals surface area contributed by atoms with Crippen LogP contribution in [0.4, 0.5) is 8.78 Å². The molecular weight excluding hydrogens is 224 g/mol. The van der Waals surface area contributed by atoms with E-state index in [0.29, 0.717) is 6.54 Å². The zero-order valence-electron chi connectivity index (χ0n) is 9.83. The molecular formula is C13H17F2NO. The number of benzene rings is 1. The maximum absolute atomic E-state index is 12.2. The minimum absolute atomic E-state index is 0.263. The first-order valence-corrected chi connectivity index (χ1v) is 5.90. The summed E-state index contributed by atoms with van der Waals surface area (Å²) in [5.74, 6) is 1.81. The van der Waals surface area contributed by atoms with Gasteiger partial charge in [-0.25, -0.2) is 0 Å². The molecule has 2 atom stereocenters. The van der Waals surface area contributed by atoms with Crippen LogP contribution in [-0.4, -0.2) is 13.2 Å². The SMILES string of the molecule is CC1CC1CNCc1ccccc1OC(F)F. The van der Waals surface area contributed by atoms with E-state index in [0.717, 1.165) is 23.9 Å². The van der Waals surface area contributed by atoms with Crippen LogP contribution in [0.5, 0.6) is 5.75 Å². The molecule has 0 saturated heterocycles. The average Bonchev–Trinajstić information content (AvgIpc) is 2.96. The van der Waals surface area contributed by atoms with Crippen molar-refractivity contribution in [3.63, 3.8) is 0 Å². The molecule has 0 radical (unpaired) electrons. The first kappa shape index (κ1) is 12.3. The van der Waals surface area contributed by atoms with Crippen molar-refractivity contribution in [1.29, 1.82) is 0 Å². The second kappa shape index (κ2) is 5.45. The maximum Gasteiger partial charge on any atom is 0.387 e. The Morgan fingerprint density at radius 1 is 1.41 bits per heavy atom. The van der Waals surface area contributed by atoms with Gasteiger partial charge in [0, 0.05) is 12.1 Å². The van der Waals surface area contributed by atoms with Crippen LogP contribution in [0.2, 0.25) is 0 Å². The lowest BCUT2D eigenvalue weighted by Crippen LogP contribution is -2.17. The summed E-state index contributed by atoms with van der Waals surface area (Å²) in [6, 6.07) is 6.91. The third-order valence-corrected chi connectivity index (χ3v) is 3.19. The topological polar surface area (TPSA) is 21.3 Å². The van der Waals surface area contributed by atoms with Crippen LogP contribution >= 0.6 is 0 Å². The van der Waals surface area contributed by atoms with E-state index in [1.807, 2.05) is 6.07 Å². The van der Waals surface area contributed by atoms with Gasteiger partial charge >= 0.3 is 6.61 Å². The number of alkyl halides is 2. The van der Waals surface area contributed by atoms with E-state index in [2.05, 4.69) is 17.0 Å². The number of para-hydroxylation sites is 1. The van der Waals surface area contributed by atoms with Crippen LogP contribution in [0, 0.1) is 11.8 Å². The molecule has 2 rings (SSSR count). The van der Waals surface area contributed by atoms with Crippen LogP contribution in [0.3, 0.4) is 0 Å². The van der Waals surface area contributed by atoms with Crippen molar-refractivity contribution in [3.05, 3.63) is 29.8 Å². The molecule has 0 aromatic heterocycles. The van der Waals surface area contributed by atoms with Crippen molar-refractivity contribution < 1.29 is 13.5 Å². The van der Waals surface area contributed by atoms with Gasteiger partial charge in [-0.1, -0.05) is 25.1 Å². The number of halogens is 2. The molecule has 1 N–H and O–H groups in total. The molecule has 0 amide bonds. The molecule has 1 saturated carbocycles. The van der Waals surface area contributed by atoms with Crippen LogP contribution < -0.4 is 10.1 Å². The molecule has 1 aliphatic carbocycles. The second-order valence-electron chi connectivity index (χ2n) is 4.59. The lowest BCUT2D eigenvalue weighted by molar-refractivity contribution is -0.0504. The van der Waals surface area contributed by atoms with Gasteiger partial charge in [-0.15, -0.1) is 0 Å². The van der Waals surface area contributed by atoms with Gasteiger partial charge in [-0.2, -0.15) is 8.78 Å². The van der Waals surface area contributed by atoms with Crippen molar-refractivity contribution in [2.75, 3.05) is 6.54 Å². The van der Waals surface area contributed by atoms with Crippen molar-refractivity contribution in [2.24, 2.45) is 11.8 Å². The van der Waals surface area contributed by atoms with E-state index >= 15 is 0 Å². The molecule has 0 heterocycles. The zero-order valence-corrected chi connectivity index (χ0v) is 9.83. The van der Waals surface area contributed by atoms with Gasteiger partial charge in [0.2, 0.25) is 0 Å². The number of ether oxygens (including phenoxy) is 1. The number of hydrogen-bond donors (Lipinski definition) is 1. The van der Waals surface area contributed by atoms with Crippen molar-refractivity contribution in [1.82, 2.24) is 5.32 Å². The lowest BCUT2D eigenvalue weighted by atomic mass is 10.2. The van der Waals surface area contributed by atoms with Crippen molar-refractivity contribution in [2.45, 2.75) is 26.5 Å². The predicted molar refractivity (Wildman–Crippen MR) is 62.1 cm³/mol. The highest BCUT2D eigenvalue weighted by Crippen LogP contribution is 2.36. The summed E-state index contributed by atoms with van der Waals surface area (Å²) >= 11 is 0. The van der Waals surface area contributed by atoms with E-state index < -0.39 is 6.61 Å². The Bertz CT molecular complexity index is 370. The standard InChI is InChI=1S/C13H17F2NO/c1-9-6-11(9)8-16-7-10-4-2-3-5-12(10)17-13(14)15/h2-5,9,11,13,16H,6-8H2,1H3. The summed E-state index contributed by atoms with van der Waals surface area (Å²) in [5, 5.41) is 3.28. The monoisotopic (exact) mass is 241 g/mol. The van der Waals surface area contributed by atoms with Gasteiger partial charge in [0.1, 0.15) is 5.75 Å². The van der Waals surface area contributed by atoms with Gasteiger partial charge in [0.15, 0.2) is 0 Å². The van der Waals surface area contributed by atoms with Crippen LogP contribution in [0.15, 0.2) is 24.3 Å². The summed E-state index contributed by atoms with van der Waals surface area (Å²) in [6.07, 6.45) is 1.27. The zero-order chi connectivity index (χ0) is 12.3. The smallest absolute Gasteiger partial charge is 0.387 e. The maximum atomic E-state index is 12.2. The molecule has 1 aromatic rings. The van der Waals surface area contributed by atoms with Crippen LogP contribution in [0.25, 0.3) is 0 Å². The second-order valence-corrected chi connectivity index (χ2v) is 4.59. The van der Waals surface area contributed by atoms with E-state index in [4.69, 9.17) is 0 Å². The number of hydrogen-bond acceptors (Lipinski definition) is 2. The summed E-state index contributed by atoms with van der Waals surface area (Å²) < 4.78 is 28.8. The third kappa shape index (κ3) is 3.66. The molecule has 1 fully saturated rings. The molecule has 2 unspecified atom stereocenters. The van der Waals surface area contributed by atoms with E-state index in [1.165, 1.54) is 6.42 Å². The van der Waals surface area contributed by atoms with Crippen LogP contribution in [0.1, 0.15) is 18.9 Å². The largest absolute Gasteiger partial charge is 0.434 e. The Balaban J connectivity index is 1.85. The Kier molecular flexibility index (Phi) is 3.94. The van der Waals surface area contributed by atoms with Gasteiger partial charge < -0.3 is 10.1 Å².